The van der Waals surface area contributed by atoms with Crippen molar-refractivity contribution in [3.05, 3.63) is 29.6 Å². The van der Waals surface area contributed by atoms with Gasteiger partial charge in [0, 0.05) is 19.3 Å². The molecule has 0 aliphatic heterocycles. The van der Waals surface area contributed by atoms with E-state index in [1.807, 2.05) is 6.20 Å². The van der Waals surface area contributed by atoms with Gasteiger partial charge in [-0.3, -0.25) is 4.98 Å². The Morgan fingerprint density at radius 3 is 2.80 bits per heavy atom. The van der Waals surface area contributed by atoms with Crippen LogP contribution in [-0.2, 0) is 17.9 Å². The molecule has 1 fully saturated rings. The molecule has 112 valence electrons. The Kier molecular flexibility index (Phi) is 6.48. The van der Waals surface area contributed by atoms with Gasteiger partial charge >= 0.3 is 0 Å². The zero-order valence-corrected chi connectivity index (χ0v) is 12.9. The van der Waals surface area contributed by atoms with E-state index in [0.717, 1.165) is 31.3 Å². The van der Waals surface area contributed by atoms with Gasteiger partial charge in [0.1, 0.15) is 0 Å². The summed E-state index contributed by atoms with van der Waals surface area (Å²) in [5.41, 5.74) is 2.27. The number of ether oxygens (including phenoxy) is 1. The minimum Gasteiger partial charge on any atom is -0.375 e. The topological polar surface area (TPSA) is 34.1 Å². The number of nitrogens with one attached hydrogen (secondary N) is 1. The van der Waals surface area contributed by atoms with Crippen molar-refractivity contribution in [2.75, 3.05) is 13.2 Å². The van der Waals surface area contributed by atoms with E-state index in [1.54, 1.807) is 0 Å². The smallest absolute Gasteiger partial charge is 0.0887 e. The fraction of sp³-hybridized carbons (Fsp3) is 0.706. The van der Waals surface area contributed by atoms with E-state index in [2.05, 4.69) is 36.3 Å². The maximum atomic E-state index is 5.70. The number of rotatable bonds is 9. The molecule has 1 aromatic heterocycles. The Balaban J connectivity index is 1.60. The van der Waals surface area contributed by atoms with Gasteiger partial charge < -0.3 is 10.1 Å². The molecule has 1 aliphatic carbocycles. The van der Waals surface area contributed by atoms with Crippen LogP contribution in [0.15, 0.2) is 18.3 Å². The fourth-order valence-corrected chi connectivity index (χ4v) is 2.36. The zero-order valence-electron chi connectivity index (χ0n) is 12.9. The summed E-state index contributed by atoms with van der Waals surface area (Å²) in [5.74, 6) is 1.61. The van der Waals surface area contributed by atoms with Crippen LogP contribution in [0.4, 0.5) is 0 Å². The Morgan fingerprint density at radius 2 is 2.20 bits per heavy atom. The van der Waals surface area contributed by atoms with Crippen molar-refractivity contribution < 1.29 is 4.74 Å². The number of aromatic nitrogens is 1. The van der Waals surface area contributed by atoms with Gasteiger partial charge in [-0.15, -0.1) is 0 Å². The van der Waals surface area contributed by atoms with E-state index in [1.165, 1.54) is 31.2 Å². The van der Waals surface area contributed by atoms with E-state index < -0.39 is 0 Å². The van der Waals surface area contributed by atoms with E-state index in [4.69, 9.17) is 4.74 Å². The fourth-order valence-electron chi connectivity index (χ4n) is 2.36. The molecular formula is C17H28N2O. The summed E-state index contributed by atoms with van der Waals surface area (Å²) < 4.78 is 5.70. The predicted octanol–water partition coefficient (Wildman–Crippen LogP) is 3.53. The monoisotopic (exact) mass is 276 g/mol. The quantitative estimate of drug-likeness (QED) is 0.701. The third kappa shape index (κ3) is 5.59. The average molecular weight is 276 g/mol. The van der Waals surface area contributed by atoms with Crippen LogP contribution in [0.25, 0.3) is 0 Å². The van der Waals surface area contributed by atoms with Crippen LogP contribution in [-0.4, -0.2) is 18.1 Å². The first kappa shape index (κ1) is 15.5. The number of hydrogen-bond donors (Lipinski definition) is 1. The van der Waals surface area contributed by atoms with Crippen molar-refractivity contribution in [2.24, 2.45) is 11.8 Å². The molecule has 0 bridgehead atoms. The maximum Gasteiger partial charge on any atom is 0.0887 e. The molecule has 0 atom stereocenters. The lowest BCUT2D eigenvalue weighted by Gasteiger charge is -2.24. The average Bonchev–Trinajstić information content (AvgIpc) is 2.38. The maximum absolute atomic E-state index is 5.70. The van der Waals surface area contributed by atoms with Gasteiger partial charge in [-0.1, -0.05) is 39.2 Å². The summed E-state index contributed by atoms with van der Waals surface area (Å²) >= 11 is 0. The number of nitrogens with zero attached hydrogens (tertiary/aromatic N) is 1. The molecule has 0 spiro atoms. The molecule has 2 rings (SSSR count). The minimum absolute atomic E-state index is 0.645. The minimum atomic E-state index is 0.645. The Bertz CT molecular complexity index is 371. The Morgan fingerprint density at radius 1 is 1.35 bits per heavy atom. The summed E-state index contributed by atoms with van der Waals surface area (Å²) in [6, 6.07) is 4.22. The van der Waals surface area contributed by atoms with Crippen LogP contribution in [0.5, 0.6) is 0 Å². The molecule has 1 aliphatic rings. The Labute approximate surface area is 123 Å². The molecule has 0 aromatic carbocycles. The van der Waals surface area contributed by atoms with E-state index >= 15 is 0 Å². The van der Waals surface area contributed by atoms with E-state index in [-0.39, 0.29) is 0 Å². The largest absolute Gasteiger partial charge is 0.375 e. The highest BCUT2D eigenvalue weighted by atomic mass is 16.5. The van der Waals surface area contributed by atoms with Crippen molar-refractivity contribution in [3.8, 4) is 0 Å². The lowest BCUT2D eigenvalue weighted by Crippen LogP contribution is -2.19. The summed E-state index contributed by atoms with van der Waals surface area (Å²) in [5, 5.41) is 3.43. The molecule has 0 saturated heterocycles. The van der Waals surface area contributed by atoms with Gasteiger partial charge in [-0.25, -0.2) is 0 Å². The molecule has 20 heavy (non-hydrogen) atoms. The summed E-state index contributed by atoms with van der Waals surface area (Å²) in [6.07, 6.45) is 7.40. The standard InChI is InChI=1S/C17H28N2O/c1-14(2)10-18-11-16-6-7-17(19-12-16)13-20-9-8-15-4-3-5-15/h6-7,12,14-15,18H,3-5,8-11,13H2,1-2H3. The zero-order chi connectivity index (χ0) is 14.2. The number of hydrogen-bond acceptors (Lipinski definition) is 3. The van der Waals surface area contributed by atoms with E-state index in [9.17, 15) is 0 Å². The molecule has 3 nitrogen and oxygen atoms in total. The van der Waals surface area contributed by atoms with Gasteiger partial charge in [-0.2, -0.15) is 0 Å². The van der Waals surface area contributed by atoms with Crippen molar-refractivity contribution in [1.29, 1.82) is 0 Å². The SMILES string of the molecule is CC(C)CNCc1ccc(COCCC2CCC2)nc1. The Hall–Kier alpha value is -0.930. The highest BCUT2D eigenvalue weighted by Crippen LogP contribution is 2.29. The third-order valence-electron chi connectivity index (χ3n) is 3.91. The lowest BCUT2D eigenvalue weighted by molar-refractivity contribution is 0.0929. The van der Waals surface area contributed by atoms with Crippen LogP contribution < -0.4 is 5.32 Å². The van der Waals surface area contributed by atoms with Crippen molar-refractivity contribution in [1.82, 2.24) is 10.3 Å². The molecule has 1 aromatic rings. The second kappa shape index (κ2) is 8.38. The lowest BCUT2D eigenvalue weighted by atomic mass is 9.83. The van der Waals surface area contributed by atoms with Crippen molar-refractivity contribution in [3.63, 3.8) is 0 Å². The molecule has 0 radical (unpaired) electrons. The highest BCUT2D eigenvalue weighted by molar-refractivity contribution is 5.13. The molecule has 1 saturated carbocycles. The van der Waals surface area contributed by atoms with Crippen LogP contribution >= 0.6 is 0 Å². The van der Waals surface area contributed by atoms with Gasteiger partial charge in [-0.05, 0) is 36.4 Å². The summed E-state index contributed by atoms with van der Waals surface area (Å²) in [7, 11) is 0. The van der Waals surface area contributed by atoms with Gasteiger partial charge in [0.05, 0.1) is 12.3 Å². The summed E-state index contributed by atoms with van der Waals surface area (Å²) in [4.78, 5) is 4.46. The van der Waals surface area contributed by atoms with Gasteiger partial charge in [0.25, 0.3) is 0 Å². The van der Waals surface area contributed by atoms with Crippen LogP contribution in [0.1, 0.15) is 50.8 Å². The summed E-state index contributed by atoms with van der Waals surface area (Å²) in [6.45, 7) is 7.90. The number of pyridine rings is 1. The highest BCUT2D eigenvalue weighted by Gasteiger charge is 2.16. The predicted molar refractivity (Wildman–Crippen MR) is 82.4 cm³/mol. The molecule has 1 N–H and O–H groups in total. The molecule has 3 heteroatoms. The normalized spacial score (nSPS) is 15.6. The van der Waals surface area contributed by atoms with Crippen LogP contribution in [0, 0.1) is 11.8 Å². The van der Waals surface area contributed by atoms with Crippen LogP contribution in [0.2, 0.25) is 0 Å². The van der Waals surface area contributed by atoms with Crippen molar-refractivity contribution >= 4 is 0 Å². The van der Waals surface area contributed by atoms with Gasteiger partial charge in [0.2, 0.25) is 0 Å². The molecule has 0 unspecified atom stereocenters. The van der Waals surface area contributed by atoms with E-state index in [0.29, 0.717) is 12.5 Å². The van der Waals surface area contributed by atoms with Gasteiger partial charge in [0.15, 0.2) is 0 Å². The molecule has 1 heterocycles. The third-order valence-corrected chi connectivity index (χ3v) is 3.91. The second-order valence-electron chi connectivity index (χ2n) is 6.32. The van der Waals surface area contributed by atoms with Crippen molar-refractivity contribution in [2.45, 2.75) is 52.7 Å². The molecule has 0 amide bonds. The first-order valence-electron chi connectivity index (χ1n) is 7.96. The second-order valence-corrected chi connectivity index (χ2v) is 6.32. The first-order chi connectivity index (χ1) is 9.74. The first-order valence-corrected chi connectivity index (χ1v) is 7.96. The molecular weight excluding hydrogens is 248 g/mol. The van der Waals surface area contributed by atoms with Crippen LogP contribution in [0.3, 0.4) is 0 Å².